The van der Waals surface area contributed by atoms with E-state index in [2.05, 4.69) is 18.6 Å². The normalized spacial score (nSPS) is 11.0. The summed E-state index contributed by atoms with van der Waals surface area (Å²) in [5.41, 5.74) is 3.24. The fraction of sp³-hybridized carbons (Fsp3) is 0.233. The van der Waals surface area contributed by atoms with Crippen molar-refractivity contribution < 1.29 is 19.1 Å². The van der Waals surface area contributed by atoms with E-state index in [0.717, 1.165) is 22.3 Å². The Morgan fingerprint density at radius 3 is 1.29 bits per heavy atom. The van der Waals surface area contributed by atoms with Crippen molar-refractivity contribution in [3.63, 3.8) is 0 Å². The standard InChI is InChI=1S/C43H41N2O4/c1-42(2,27-28-48-40(46)36(29-44)38(32-17-9-5-10-18-32)33-19-11-6-12-20-33)25-26-43(3,4)31-49-41(47)37(30-45)39(34-21-13-7-14-22-34)35-23-15-8-16-24-35/h5-25H,26-28,31H2,1-4H3. The van der Waals surface area contributed by atoms with Crippen LogP contribution in [0.4, 0.5) is 0 Å². The minimum Gasteiger partial charge on any atom is -0.462 e. The van der Waals surface area contributed by atoms with Crippen molar-refractivity contribution in [2.75, 3.05) is 13.2 Å². The van der Waals surface area contributed by atoms with Crippen LogP contribution in [-0.2, 0) is 19.1 Å². The monoisotopic (exact) mass is 649 g/mol. The minimum atomic E-state index is -0.670. The summed E-state index contributed by atoms with van der Waals surface area (Å²) in [6, 6.07) is 41.6. The average molecular weight is 650 g/mol. The van der Waals surface area contributed by atoms with Crippen LogP contribution >= 0.6 is 0 Å². The third-order valence-corrected chi connectivity index (χ3v) is 8.16. The zero-order chi connectivity index (χ0) is 35.3. The van der Waals surface area contributed by atoms with Crippen molar-refractivity contribution in [2.24, 2.45) is 10.8 Å². The van der Waals surface area contributed by atoms with E-state index in [0.29, 0.717) is 24.0 Å². The van der Waals surface area contributed by atoms with Gasteiger partial charge in [-0.1, -0.05) is 149 Å². The lowest BCUT2D eigenvalue weighted by atomic mass is 9.78. The number of esters is 2. The Hall–Kier alpha value is -5.72. The first-order valence-electron chi connectivity index (χ1n) is 16.2. The van der Waals surface area contributed by atoms with Crippen molar-refractivity contribution in [1.29, 1.82) is 10.5 Å². The first kappa shape index (κ1) is 36.1. The molecule has 0 amide bonds. The van der Waals surface area contributed by atoms with E-state index in [9.17, 15) is 20.1 Å². The number of nitriles is 2. The Kier molecular flexibility index (Phi) is 12.5. The predicted octanol–water partition coefficient (Wildman–Crippen LogP) is 9.16. The van der Waals surface area contributed by atoms with Gasteiger partial charge in [-0.3, -0.25) is 0 Å². The Morgan fingerprint density at radius 1 is 0.592 bits per heavy atom. The fourth-order valence-electron chi connectivity index (χ4n) is 5.26. The van der Waals surface area contributed by atoms with Crippen LogP contribution in [0.25, 0.3) is 11.1 Å². The molecule has 0 heterocycles. The zero-order valence-electron chi connectivity index (χ0n) is 28.5. The Balaban J connectivity index is 1.38. The first-order valence-corrected chi connectivity index (χ1v) is 16.2. The lowest BCUT2D eigenvalue weighted by molar-refractivity contribution is -0.141. The van der Waals surface area contributed by atoms with Gasteiger partial charge in [-0.05, 0) is 52.3 Å². The Bertz CT molecular complexity index is 1780. The van der Waals surface area contributed by atoms with Crippen LogP contribution in [0.5, 0.6) is 0 Å². The topological polar surface area (TPSA) is 100 Å². The number of rotatable bonds is 14. The molecule has 0 bridgehead atoms. The van der Waals surface area contributed by atoms with Gasteiger partial charge in [0.25, 0.3) is 0 Å². The van der Waals surface area contributed by atoms with Gasteiger partial charge in [0.1, 0.15) is 23.3 Å². The van der Waals surface area contributed by atoms with Gasteiger partial charge in [0, 0.05) is 11.1 Å². The summed E-state index contributed by atoms with van der Waals surface area (Å²) < 4.78 is 11.4. The number of hydrogen-bond acceptors (Lipinski definition) is 6. The van der Waals surface area contributed by atoms with Gasteiger partial charge in [-0.2, -0.15) is 10.5 Å². The quantitative estimate of drug-likeness (QED) is 0.0767. The summed E-state index contributed by atoms with van der Waals surface area (Å²) in [7, 11) is 0. The second kappa shape index (κ2) is 16.9. The largest absolute Gasteiger partial charge is 0.462 e. The van der Waals surface area contributed by atoms with Gasteiger partial charge in [-0.25, -0.2) is 9.59 Å². The molecule has 0 unspecified atom stereocenters. The van der Waals surface area contributed by atoms with Crippen molar-refractivity contribution >= 4 is 23.1 Å². The van der Waals surface area contributed by atoms with Gasteiger partial charge in [-0.15, -0.1) is 0 Å². The molecule has 247 valence electrons. The molecule has 0 atom stereocenters. The number of ether oxygens (including phenoxy) is 2. The molecule has 0 spiro atoms. The highest BCUT2D eigenvalue weighted by atomic mass is 16.5. The second-order valence-corrected chi connectivity index (χ2v) is 13.2. The van der Waals surface area contributed by atoms with E-state index < -0.39 is 17.4 Å². The van der Waals surface area contributed by atoms with E-state index in [1.54, 1.807) is 0 Å². The summed E-state index contributed by atoms with van der Waals surface area (Å²) in [5.74, 6) is -1.34. The smallest absolute Gasteiger partial charge is 0.349 e. The highest BCUT2D eigenvalue weighted by molar-refractivity contribution is 6.06. The highest BCUT2D eigenvalue weighted by Crippen LogP contribution is 2.34. The molecule has 0 aromatic heterocycles. The molecule has 0 saturated carbocycles. The third kappa shape index (κ3) is 10.1. The lowest BCUT2D eigenvalue weighted by Crippen LogP contribution is -2.26. The summed E-state index contributed by atoms with van der Waals surface area (Å²) in [4.78, 5) is 26.6. The SMILES string of the molecule is CC(C)([CH]CC(C)(C)COC(=O)C(C#N)=C(c1ccccc1)c1ccccc1)CCOC(=O)C(C#N)=C(c1ccccc1)c1ccccc1. The third-order valence-electron chi connectivity index (χ3n) is 8.16. The van der Waals surface area contributed by atoms with Crippen molar-refractivity contribution in [3.8, 4) is 12.1 Å². The zero-order valence-corrected chi connectivity index (χ0v) is 28.5. The number of carbonyl (C=O) groups is 2. The van der Waals surface area contributed by atoms with Crippen LogP contribution in [0.15, 0.2) is 132 Å². The van der Waals surface area contributed by atoms with E-state index in [4.69, 9.17) is 9.47 Å². The number of carbonyl (C=O) groups excluding carboxylic acids is 2. The summed E-state index contributed by atoms with van der Waals surface area (Å²) in [6.45, 7) is 8.32. The van der Waals surface area contributed by atoms with Crippen LogP contribution in [0.3, 0.4) is 0 Å². The number of nitrogens with zero attached hydrogens (tertiary/aromatic N) is 2. The van der Waals surface area contributed by atoms with Crippen LogP contribution in [0.2, 0.25) is 0 Å². The predicted molar refractivity (Wildman–Crippen MR) is 192 cm³/mol. The number of hydrogen-bond donors (Lipinski definition) is 0. The van der Waals surface area contributed by atoms with Crippen molar-refractivity contribution in [1.82, 2.24) is 0 Å². The average Bonchev–Trinajstić information content (AvgIpc) is 3.12. The molecular formula is C43H41N2O4. The highest BCUT2D eigenvalue weighted by Gasteiger charge is 2.29. The first-order chi connectivity index (χ1) is 23.5. The molecule has 0 aliphatic heterocycles. The maximum Gasteiger partial charge on any atom is 0.349 e. The van der Waals surface area contributed by atoms with Gasteiger partial charge < -0.3 is 9.47 Å². The molecule has 0 fully saturated rings. The van der Waals surface area contributed by atoms with Crippen LogP contribution in [-0.4, -0.2) is 25.2 Å². The molecule has 4 aromatic rings. The summed E-state index contributed by atoms with van der Waals surface area (Å²) >= 11 is 0. The van der Waals surface area contributed by atoms with Crippen LogP contribution in [0.1, 0.15) is 62.8 Å². The maximum atomic E-state index is 13.3. The Labute approximate surface area is 289 Å². The molecule has 0 aliphatic carbocycles. The summed E-state index contributed by atoms with van der Waals surface area (Å²) in [6.07, 6.45) is 3.26. The number of benzene rings is 4. The molecule has 6 heteroatoms. The molecule has 6 nitrogen and oxygen atoms in total. The molecule has 0 saturated heterocycles. The van der Waals surface area contributed by atoms with Crippen molar-refractivity contribution in [2.45, 2.75) is 40.5 Å². The maximum absolute atomic E-state index is 13.3. The molecule has 4 rings (SSSR count). The molecular weight excluding hydrogens is 608 g/mol. The molecule has 1 radical (unpaired) electrons. The fourth-order valence-corrected chi connectivity index (χ4v) is 5.26. The van der Waals surface area contributed by atoms with E-state index >= 15 is 0 Å². The van der Waals surface area contributed by atoms with Gasteiger partial charge >= 0.3 is 11.9 Å². The molecule has 0 aliphatic rings. The van der Waals surface area contributed by atoms with Crippen LogP contribution in [0, 0.1) is 39.9 Å². The molecule has 49 heavy (non-hydrogen) atoms. The summed E-state index contributed by atoms with van der Waals surface area (Å²) in [5, 5.41) is 20.1. The van der Waals surface area contributed by atoms with Gasteiger partial charge in [0.05, 0.1) is 13.2 Å². The van der Waals surface area contributed by atoms with Crippen molar-refractivity contribution in [3.05, 3.63) is 161 Å². The molecule has 0 N–H and O–H groups in total. The van der Waals surface area contributed by atoms with Crippen LogP contribution < -0.4 is 0 Å². The van der Waals surface area contributed by atoms with E-state index in [-0.39, 0.29) is 29.8 Å². The Morgan fingerprint density at radius 2 is 0.939 bits per heavy atom. The van der Waals surface area contributed by atoms with E-state index in [1.165, 1.54) is 0 Å². The second-order valence-electron chi connectivity index (χ2n) is 13.2. The van der Waals surface area contributed by atoms with E-state index in [1.807, 2.05) is 149 Å². The van der Waals surface area contributed by atoms with Gasteiger partial charge in [0.15, 0.2) is 0 Å². The van der Waals surface area contributed by atoms with Gasteiger partial charge in [0.2, 0.25) is 0 Å². The lowest BCUT2D eigenvalue weighted by Gasteiger charge is -2.30. The molecule has 4 aromatic carbocycles. The minimum absolute atomic E-state index is 0.0457.